The first-order chi connectivity index (χ1) is 22.7. The van der Waals surface area contributed by atoms with Crippen LogP contribution in [0.2, 0.25) is 0 Å². The predicted octanol–water partition coefficient (Wildman–Crippen LogP) is 4.30. The summed E-state index contributed by atoms with van der Waals surface area (Å²) < 4.78 is 18.8. The van der Waals surface area contributed by atoms with Crippen LogP contribution in [0.4, 0.5) is 4.39 Å². The van der Waals surface area contributed by atoms with Crippen LogP contribution in [0.15, 0.2) is 83.6 Å². The molecule has 0 aliphatic carbocycles. The molecule has 10 nitrogen and oxygen atoms in total. The number of thiophene rings is 1. The summed E-state index contributed by atoms with van der Waals surface area (Å²) in [4.78, 5) is 52.7. The maximum absolute atomic E-state index is 15.5. The van der Waals surface area contributed by atoms with Crippen molar-refractivity contribution in [3.8, 4) is 11.1 Å². The van der Waals surface area contributed by atoms with Crippen molar-refractivity contribution in [2.24, 2.45) is 13.0 Å². The zero-order valence-electron chi connectivity index (χ0n) is 26.0. The van der Waals surface area contributed by atoms with Crippen LogP contribution in [0.3, 0.4) is 0 Å². The van der Waals surface area contributed by atoms with Gasteiger partial charge in [-0.3, -0.25) is 23.9 Å². The molecule has 12 heteroatoms. The number of amides is 2. The minimum atomic E-state index is -1.15. The van der Waals surface area contributed by atoms with E-state index in [1.165, 1.54) is 10.9 Å². The van der Waals surface area contributed by atoms with Gasteiger partial charge in [-0.15, -0.1) is 11.3 Å². The number of halogens is 1. The first kappa shape index (κ1) is 30.9. The Bertz CT molecular complexity index is 1980. The smallest absolute Gasteiger partial charge is 0.266 e. The SMILES string of the molecule is Cn1ccc2c(=O)n(CC3(O)CCN(C(=O)[C@@H]4CCN(C(=O)c5scc(-c6ccncc6)c5F)C[C@H]4c4ccccc4)CC3)cnc21. The molecule has 4 aromatic heterocycles. The largest absolute Gasteiger partial charge is 0.388 e. The first-order valence-electron chi connectivity index (χ1n) is 15.8. The molecule has 1 aromatic carbocycles. The third-order valence-electron chi connectivity index (χ3n) is 9.68. The lowest BCUT2D eigenvalue weighted by Gasteiger charge is -2.43. The number of hydrogen-bond acceptors (Lipinski definition) is 7. The number of aryl methyl sites for hydroxylation is 1. The number of benzene rings is 1. The van der Waals surface area contributed by atoms with Crippen LogP contribution in [0.5, 0.6) is 0 Å². The lowest BCUT2D eigenvalue weighted by atomic mass is 9.79. The lowest BCUT2D eigenvalue weighted by Crippen LogP contribution is -2.53. The number of rotatable bonds is 6. The van der Waals surface area contributed by atoms with E-state index in [1.54, 1.807) is 56.5 Å². The monoisotopic (exact) mass is 654 g/mol. The molecular formula is C35H35FN6O4S. The molecular weight excluding hydrogens is 619 g/mol. The van der Waals surface area contributed by atoms with Gasteiger partial charge in [0.05, 0.1) is 17.5 Å². The van der Waals surface area contributed by atoms with Crippen LogP contribution in [0, 0.1) is 11.7 Å². The van der Waals surface area contributed by atoms with Crippen molar-refractivity contribution in [2.75, 3.05) is 26.2 Å². The molecule has 6 heterocycles. The fourth-order valence-corrected chi connectivity index (χ4v) is 7.89. The number of pyridine rings is 1. The Kier molecular flexibility index (Phi) is 8.23. The molecule has 2 aliphatic heterocycles. The van der Waals surface area contributed by atoms with E-state index in [4.69, 9.17) is 0 Å². The van der Waals surface area contributed by atoms with Gasteiger partial charge in [0.2, 0.25) is 5.91 Å². The zero-order valence-corrected chi connectivity index (χ0v) is 26.8. The van der Waals surface area contributed by atoms with E-state index in [2.05, 4.69) is 9.97 Å². The highest BCUT2D eigenvalue weighted by molar-refractivity contribution is 7.12. The van der Waals surface area contributed by atoms with Crippen molar-refractivity contribution in [2.45, 2.75) is 37.3 Å². The minimum absolute atomic E-state index is 0.0141. The van der Waals surface area contributed by atoms with E-state index in [0.29, 0.717) is 61.1 Å². The Hall–Kier alpha value is -4.68. The molecule has 7 rings (SSSR count). The molecule has 0 spiro atoms. The second-order valence-electron chi connectivity index (χ2n) is 12.6. The Morgan fingerprint density at radius 1 is 1.04 bits per heavy atom. The van der Waals surface area contributed by atoms with Gasteiger partial charge >= 0.3 is 0 Å². The van der Waals surface area contributed by atoms with Gasteiger partial charge in [-0.2, -0.15) is 0 Å². The van der Waals surface area contributed by atoms with Gasteiger partial charge in [0, 0.05) is 74.6 Å². The Labute approximate surface area is 274 Å². The summed E-state index contributed by atoms with van der Waals surface area (Å²) in [5, 5.41) is 13.6. The molecule has 1 N–H and O–H groups in total. The standard InChI is InChI=1S/C35H35FN6O4S/c1-39-15-9-26-31(39)38-22-42(33(26)44)21-35(46)11-17-40(18-12-35)32(43)25-10-16-41(19-27(25)23-5-3-2-4-6-23)34(45)30-29(36)28(20-47-30)24-7-13-37-14-8-24/h2-9,13-15,20,22,25,27,46H,10-12,16-19,21H2,1H3/t25-,27+/m1/s1. The normalized spacial score (nSPS) is 19.6. The van der Waals surface area contributed by atoms with Crippen LogP contribution in [0.1, 0.15) is 40.4 Å². The van der Waals surface area contributed by atoms with Crippen LogP contribution >= 0.6 is 11.3 Å². The van der Waals surface area contributed by atoms with E-state index in [1.807, 2.05) is 37.4 Å². The summed E-state index contributed by atoms with van der Waals surface area (Å²) in [6.07, 6.45) is 7.52. The van der Waals surface area contributed by atoms with Gasteiger partial charge in [0.25, 0.3) is 11.5 Å². The van der Waals surface area contributed by atoms with Crippen LogP contribution < -0.4 is 5.56 Å². The number of piperidine rings is 2. The second kappa shape index (κ2) is 12.5. The Morgan fingerprint density at radius 2 is 1.79 bits per heavy atom. The lowest BCUT2D eigenvalue weighted by molar-refractivity contribution is -0.142. The van der Waals surface area contributed by atoms with Crippen LogP contribution in [-0.4, -0.2) is 77.6 Å². The molecule has 2 aliphatic rings. The molecule has 47 heavy (non-hydrogen) atoms. The first-order valence-corrected chi connectivity index (χ1v) is 16.6. The van der Waals surface area contributed by atoms with E-state index in [9.17, 15) is 19.5 Å². The molecule has 242 valence electrons. The highest BCUT2D eigenvalue weighted by Gasteiger charge is 2.42. The zero-order chi connectivity index (χ0) is 32.7. The average molecular weight is 655 g/mol. The van der Waals surface area contributed by atoms with E-state index in [0.717, 1.165) is 16.9 Å². The van der Waals surface area contributed by atoms with E-state index >= 15 is 4.39 Å². The highest BCUT2D eigenvalue weighted by Crippen LogP contribution is 2.37. The number of aromatic nitrogens is 4. The molecule has 2 amide bonds. The number of nitrogens with zero attached hydrogens (tertiary/aromatic N) is 6. The number of carbonyl (C=O) groups is 2. The molecule has 0 radical (unpaired) electrons. The fraction of sp³-hybridized carbons (Fsp3) is 0.343. The summed E-state index contributed by atoms with van der Waals surface area (Å²) >= 11 is 1.09. The number of aliphatic hydroxyl groups is 1. The van der Waals surface area contributed by atoms with Crippen LogP contribution in [-0.2, 0) is 18.4 Å². The topological polar surface area (TPSA) is 114 Å². The van der Waals surface area contributed by atoms with Gasteiger partial charge in [0.1, 0.15) is 16.9 Å². The predicted molar refractivity (Wildman–Crippen MR) is 176 cm³/mol. The van der Waals surface area contributed by atoms with Crippen LogP contribution in [0.25, 0.3) is 22.2 Å². The van der Waals surface area contributed by atoms with E-state index < -0.39 is 11.4 Å². The summed E-state index contributed by atoms with van der Waals surface area (Å²) in [5.74, 6) is -1.57. The third-order valence-corrected chi connectivity index (χ3v) is 10.6. The number of carbonyl (C=O) groups excluding carboxylic acids is 2. The van der Waals surface area contributed by atoms with Crippen molar-refractivity contribution in [1.29, 1.82) is 0 Å². The number of likely N-dealkylation sites (tertiary alicyclic amines) is 2. The number of fused-ring (bicyclic) bond motifs is 1. The highest BCUT2D eigenvalue weighted by atomic mass is 32.1. The minimum Gasteiger partial charge on any atom is -0.388 e. The van der Waals surface area contributed by atoms with Crippen molar-refractivity contribution >= 4 is 34.2 Å². The Balaban J connectivity index is 1.05. The van der Waals surface area contributed by atoms with Gasteiger partial charge < -0.3 is 19.5 Å². The quantitative estimate of drug-likeness (QED) is 0.292. The molecule has 2 atom stereocenters. The average Bonchev–Trinajstić information content (AvgIpc) is 3.68. The van der Waals surface area contributed by atoms with Crippen molar-refractivity contribution < 1.29 is 19.1 Å². The maximum atomic E-state index is 15.5. The fourth-order valence-electron chi connectivity index (χ4n) is 6.97. The summed E-state index contributed by atoms with van der Waals surface area (Å²) in [5.41, 5.74) is 1.22. The maximum Gasteiger partial charge on any atom is 0.266 e. The van der Waals surface area contributed by atoms with Crippen molar-refractivity contribution in [3.05, 3.63) is 105 Å². The van der Waals surface area contributed by atoms with Gasteiger partial charge in [0.15, 0.2) is 5.82 Å². The van der Waals surface area contributed by atoms with Gasteiger partial charge in [-0.1, -0.05) is 30.3 Å². The van der Waals surface area contributed by atoms with Crippen molar-refractivity contribution in [1.82, 2.24) is 28.9 Å². The van der Waals surface area contributed by atoms with Gasteiger partial charge in [-0.25, -0.2) is 9.37 Å². The molecule has 0 unspecified atom stereocenters. The summed E-state index contributed by atoms with van der Waals surface area (Å²) in [6.45, 7) is 1.42. The number of hydrogen-bond donors (Lipinski definition) is 1. The molecule has 2 saturated heterocycles. The molecule has 0 bridgehead atoms. The molecule has 2 fully saturated rings. The molecule has 5 aromatic rings. The second-order valence-corrected chi connectivity index (χ2v) is 13.5. The van der Waals surface area contributed by atoms with Gasteiger partial charge in [-0.05, 0) is 48.6 Å². The molecule has 0 saturated carbocycles. The summed E-state index contributed by atoms with van der Waals surface area (Å²) in [6, 6.07) is 14.8. The summed E-state index contributed by atoms with van der Waals surface area (Å²) in [7, 11) is 1.83. The van der Waals surface area contributed by atoms with E-state index in [-0.39, 0.29) is 47.2 Å². The van der Waals surface area contributed by atoms with Crippen molar-refractivity contribution in [3.63, 3.8) is 0 Å². The third kappa shape index (κ3) is 5.87. The Morgan fingerprint density at radius 3 is 2.53 bits per heavy atom.